The second kappa shape index (κ2) is 2.99. The van der Waals surface area contributed by atoms with Crippen molar-refractivity contribution >= 4 is 0 Å². The van der Waals surface area contributed by atoms with Gasteiger partial charge in [0, 0.05) is 6.04 Å². The molecule has 0 aromatic heterocycles. The van der Waals surface area contributed by atoms with Crippen molar-refractivity contribution in [3.63, 3.8) is 0 Å². The monoisotopic (exact) mass is 102 g/mol. The molecule has 7 heavy (non-hydrogen) atoms. The van der Waals surface area contributed by atoms with Gasteiger partial charge in [0.2, 0.25) is 0 Å². The Kier molecular flexibility index (Phi) is 2.96. The smallest absolute Gasteiger partial charge is 0.117 e. The first-order chi connectivity index (χ1) is 3.13. The van der Waals surface area contributed by atoms with E-state index in [0.717, 1.165) is 0 Å². The van der Waals surface area contributed by atoms with E-state index in [0.29, 0.717) is 0 Å². The Labute approximate surface area is 44.5 Å². The summed E-state index contributed by atoms with van der Waals surface area (Å²) in [6.07, 6.45) is -0.500. The molecule has 0 heterocycles. The quantitative estimate of drug-likeness (QED) is 0.536. The summed E-state index contributed by atoms with van der Waals surface area (Å²) in [6, 6.07) is 0.250. The number of rotatable bonds is 2. The maximum atomic E-state index is 8.56. The van der Waals surface area contributed by atoms with Gasteiger partial charge >= 0.3 is 0 Å². The van der Waals surface area contributed by atoms with Crippen LogP contribution in [0.25, 0.3) is 0 Å². The third-order valence-electron chi connectivity index (χ3n) is 0.514. The highest BCUT2D eigenvalue weighted by molar-refractivity contribution is 4.49. The van der Waals surface area contributed by atoms with Gasteiger partial charge in [0.1, 0.15) is 6.23 Å². The zero-order valence-electron chi connectivity index (χ0n) is 5.05. The summed E-state index contributed by atoms with van der Waals surface area (Å²) < 4.78 is 0. The highest BCUT2D eigenvalue weighted by Gasteiger charge is 1.96. The van der Waals surface area contributed by atoms with Crippen LogP contribution < -0.4 is 5.32 Å². The zero-order valence-corrected chi connectivity index (χ0v) is 5.05. The van der Waals surface area contributed by atoms with Gasteiger partial charge in [0.15, 0.2) is 0 Å². The third-order valence-corrected chi connectivity index (χ3v) is 0.514. The predicted octanol–water partition coefficient (Wildman–Crippen LogP) is 0.337. The highest BCUT2D eigenvalue weighted by atomic mass is 16.3. The molecule has 0 aromatic carbocycles. The van der Waals surface area contributed by atoms with Gasteiger partial charge in [-0.1, -0.05) is 0 Å². The average Bonchev–Trinajstić information content (AvgIpc) is 1.27. The first-order valence-electron chi connectivity index (χ1n) is 2.51. The molecule has 0 rings (SSSR count). The van der Waals surface area contributed by atoms with Gasteiger partial charge in [-0.25, -0.2) is 5.32 Å². The molecule has 0 saturated heterocycles. The second-order valence-corrected chi connectivity index (χ2v) is 1.87. The lowest BCUT2D eigenvalue weighted by Gasteiger charge is -2.05. The number of aliphatic hydroxyl groups excluding tert-OH is 1. The zero-order chi connectivity index (χ0) is 5.86. The fourth-order valence-electron chi connectivity index (χ4n) is 0.431. The number of hydrogen-bond acceptors (Lipinski definition) is 1. The van der Waals surface area contributed by atoms with E-state index in [4.69, 9.17) is 5.11 Å². The van der Waals surface area contributed by atoms with Crippen LogP contribution in [0.4, 0.5) is 0 Å². The normalized spacial score (nSPS) is 15.0. The molecule has 2 nitrogen and oxygen atoms in total. The summed E-state index contributed by atoms with van der Waals surface area (Å²) in [5, 5.41) is 12.4. The SMILES string of the molecule is CC(C)[N]C(C)O. The Balaban J connectivity index is 2.95. The van der Waals surface area contributed by atoms with Crippen molar-refractivity contribution in [1.29, 1.82) is 0 Å². The van der Waals surface area contributed by atoms with Gasteiger partial charge in [-0.3, -0.25) is 0 Å². The second-order valence-electron chi connectivity index (χ2n) is 1.87. The lowest BCUT2D eigenvalue weighted by Crippen LogP contribution is -2.23. The van der Waals surface area contributed by atoms with Crippen molar-refractivity contribution in [2.24, 2.45) is 0 Å². The molecule has 43 valence electrons. The van der Waals surface area contributed by atoms with E-state index in [1.54, 1.807) is 6.92 Å². The lowest BCUT2D eigenvalue weighted by molar-refractivity contribution is 0.141. The summed E-state index contributed by atoms with van der Waals surface area (Å²) in [5.41, 5.74) is 0. The summed E-state index contributed by atoms with van der Waals surface area (Å²) >= 11 is 0. The average molecular weight is 102 g/mol. The van der Waals surface area contributed by atoms with Crippen molar-refractivity contribution in [2.75, 3.05) is 0 Å². The molecule has 0 bridgehead atoms. The molecule has 1 radical (unpaired) electrons. The summed E-state index contributed by atoms with van der Waals surface area (Å²) in [6.45, 7) is 5.53. The van der Waals surface area contributed by atoms with Crippen LogP contribution in [0, 0.1) is 0 Å². The van der Waals surface area contributed by atoms with Gasteiger partial charge < -0.3 is 5.11 Å². The van der Waals surface area contributed by atoms with E-state index in [1.807, 2.05) is 13.8 Å². The lowest BCUT2D eigenvalue weighted by atomic mass is 10.4. The van der Waals surface area contributed by atoms with Crippen LogP contribution in [0.2, 0.25) is 0 Å². The van der Waals surface area contributed by atoms with Crippen molar-refractivity contribution in [3.05, 3.63) is 0 Å². The summed E-state index contributed by atoms with van der Waals surface area (Å²) in [5.74, 6) is 0. The number of nitrogens with zero attached hydrogens (tertiary/aromatic N) is 1. The van der Waals surface area contributed by atoms with E-state index in [-0.39, 0.29) is 6.04 Å². The molecule has 0 amide bonds. The van der Waals surface area contributed by atoms with Crippen molar-refractivity contribution in [1.82, 2.24) is 5.32 Å². The molecule has 1 unspecified atom stereocenters. The molecular formula is C5H12NO. The van der Waals surface area contributed by atoms with E-state index >= 15 is 0 Å². The van der Waals surface area contributed by atoms with Crippen LogP contribution in [0.1, 0.15) is 20.8 Å². The largest absolute Gasteiger partial charge is 0.377 e. The molecular weight excluding hydrogens is 90.1 g/mol. The van der Waals surface area contributed by atoms with E-state index in [2.05, 4.69) is 5.32 Å². The molecule has 1 N–H and O–H groups in total. The van der Waals surface area contributed by atoms with Crippen LogP contribution in [-0.4, -0.2) is 17.4 Å². The molecule has 0 aliphatic carbocycles. The van der Waals surface area contributed by atoms with Crippen LogP contribution in [0.3, 0.4) is 0 Å². The van der Waals surface area contributed by atoms with Crippen LogP contribution in [0.5, 0.6) is 0 Å². The van der Waals surface area contributed by atoms with Gasteiger partial charge in [-0.2, -0.15) is 0 Å². The minimum absolute atomic E-state index is 0.250. The standard InChI is InChI=1S/C5H12NO/c1-4(2)6-5(3)7/h4-5,7H,1-3H3. The maximum absolute atomic E-state index is 8.56. The first kappa shape index (κ1) is 6.92. The van der Waals surface area contributed by atoms with Gasteiger partial charge in [0.05, 0.1) is 0 Å². The molecule has 0 saturated carbocycles. The highest BCUT2D eigenvalue weighted by Crippen LogP contribution is 1.81. The van der Waals surface area contributed by atoms with E-state index in [9.17, 15) is 0 Å². The Morgan fingerprint density at radius 3 is 1.71 bits per heavy atom. The first-order valence-corrected chi connectivity index (χ1v) is 2.51. The van der Waals surface area contributed by atoms with E-state index < -0.39 is 6.23 Å². The minimum atomic E-state index is -0.500. The number of aliphatic hydroxyl groups is 1. The summed E-state index contributed by atoms with van der Waals surface area (Å²) in [7, 11) is 0. The fourth-order valence-corrected chi connectivity index (χ4v) is 0.431. The molecule has 0 aliphatic rings. The van der Waals surface area contributed by atoms with Gasteiger partial charge in [0.25, 0.3) is 0 Å². The molecule has 0 spiro atoms. The molecule has 0 fully saturated rings. The van der Waals surface area contributed by atoms with Crippen LogP contribution in [0.15, 0.2) is 0 Å². The molecule has 2 heteroatoms. The van der Waals surface area contributed by atoms with Crippen molar-refractivity contribution in [2.45, 2.75) is 33.0 Å². The van der Waals surface area contributed by atoms with Crippen LogP contribution >= 0.6 is 0 Å². The van der Waals surface area contributed by atoms with E-state index in [1.165, 1.54) is 0 Å². The summed E-state index contributed by atoms with van der Waals surface area (Å²) in [4.78, 5) is 0. The van der Waals surface area contributed by atoms with Crippen molar-refractivity contribution in [3.8, 4) is 0 Å². The van der Waals surface area contributed by atoms with Gasteiger partial charge in [-0.05, 0) is 20.8 Å². The fraction of sp³-hybridized carbons (Fsp3) is 1.00. The Bertz CT molecular complexity index is 37.3. The molecule has 0 aromatic rings. The molecule has 1 atom stereocenters. The number of hydrogen-bond donors (Lipinski definition) is 1. The van der Waals surface area contributed by atoms with Crippen molar-refractivity contribution < 1.29 is 5.11 Å². The topological polar surface area (TPSA) is 34.3 Å². The maximum Gasteiger partial charge on any atom is 0.117 e. The molecule has 0 aliphatic heterocycles. The van der Waals surface area contributed by atoms with Crippen LogP contribution in [-0.2, 0) is 0 Å². The van der Waals surface area contributed by atoms with Gasteiger partial charge in [-0.15, -0.1) is 0 Å². The Hall–Kier alpha value is -0.0800. The Morgan fingerprint density at radius 1 is 1.29 bits per heavy atom. The Morgan fingerprint density at radius 2 is 1.71 bits per heavy atom. The third kappa shape index (κ3) is 5.92. The minimum Gasteiger partial charge on any atom is -0.377 e. The predicted molar refractivity (Wildman–Crippen MR) is 29.0 cm³/mol.